The van der Waals surface area contributed by atoms with Gasteiger partial charge in [0, 0.05) is 37.6 Å². The molecule has 4 heterocycles. The molecule has 0 bridgehead atoms. The number of halogens is 3. The molecule has 1 aliphatic rings. The van der Waals surface area contributed by atoms with Gasteiger partial charge in [0.2, 0.25) is 5.95 Å². The number of amides is 1. The van der Waals surface area contributed by atoms with Crippen LogP contribution in [-0.4, -0.2) is 49.1 Å². The van der Waals surface area contributed by atoms with Crippen molar-refractivity contribution in [2.75, 3.05) is 29.2 Å². The highest BCUT2D eigenvalue weighted by molar-refractivity contribution is 6.34. The maximum Gasteiger partial charge on any atom is 0.257 e. The Morgan fingerprint density at radius 1 is 1.14 bits per heavy atom. The number of rotatable bonds is 8. The number of fused-ring (bicyclic) bond motifs is 1. The first-order valence-corrected chi connectivity index (χ1v) is 13.6. The summed E-state index contributed by atoms with van der Waals surface area (Å²) < 4.78 is 35.1. The van der Waals surface area contributed by atoms with Crippen LogP contribution in [0.3, 0.4) is 0 Å². The highest BCUT2D eigenvalue weighted by Gasteiger charge is 2.22. The van der Waals surface area contributed by atoms with E-state index in [4.69, 9.17) is 21.3 Å². The smallest absolute Gasteiger partial charge is 0.257 e. The third kappa shape index (κ3) is 5.87. The molecule has 1 amide bonds. The molecule has 4 N–H and O–H groups in total. The Kier molecular flexibility index (Phi) is 7.68. The summed E-state index contributed by atoms with van der Waals surface area (Å²) in [6, 6.07) is 9.68. The molecule has 42 heavy (non-hydrogen) atoms. The summed E-state index contributed by atoms with van der Waals surface area (Å²) in [7, 11) is 0. The number of ether oxygens (including phenoxy) is 1. The summed E-state index contributed by atoms with van der Waals surface area (Å²) in [5.41, 5.74) is 2.05. The number of anilines is 4. The van der Waals surface area contributed by atoms with Gasteiger partial charge in [0.05, 0.1) is 33.9 Å². The Hall–Kier alpha value is -4.62. The number of nitrogens with one attached hydrogen (secondary N) is 4. The molecule has 6 rings (SSSR count). The van der Waals surface area contributed by atoms with Crippen molar-refractivity contribution >= 4 is 51.8 Å². The molecule has 14 heteroatoms. The van der Waals surface area contributed by atoms with Crippen LogP contribution in [0, 0.1) is 18.6 Å². The number of nitrogens with zero attached hydrogens (tertiary/aromatic N) is 5. The second-order valence-electron chi connectivity index (χ2n) is 9.87. The first-order chi connectivity index (χ1) is 20.3. The molecular formula is C28H26ClF2N9O2. The Labute approximate surface area is 243 Å². The van der Waals surface area contributed by atoms with E-state index in [2.05, 4.69) is 36.2 Å². The van der Waals surface area contributed by atoms with Gasteiger partial charge in [-0.1, -0.05) is 17.7 Å². The first-order valence-electron chi connectivity index (χ1n) is 13.2. The third-order valence-corrected chi connectivity index (χ3v) is 7.18. The quantitative estimate of drug-likeness (QED) is 0.179. The van der Waals surface area contributed by atoms with Gasteiger partial charge >= 0.3 is 0 Å². The van der Waals surface area contributed by atoms with Crippen LogP contribution in [0.5, 0.6) is 0 Å². The van der Waals surface area contributed by atoms with E-state index in [1.807, 2.05) is 17.7 Å². The van der Waals surface area contributed by atoms with E-state index in [9.17, 15) is 13.6 Å². The summed E-state index contributed by atoms with van der Waals surface area (Å²) in [6.45, 7) is 3.44. The molecule has 0 saturated carbocycles. The van der Waals surface area contributed by atoms with Crippen molar-refractivity contribution in [3.8, 4) is 0 Å². The predicted molar refractivity (Wildman–Crippen MR) is 154 cm³/mol. The molecule has 3 aromatic heterocycles. The molecule has 0 unspecified atom stereocenters. The van der Waals surface area contributed by atoms with Crippen LogP contribution in [0.1, 0.15) is 40.5 Å². The molecular weight excluding hydrogens is 568 g/mol. The van der Waals surface area contributed by atoms with Gasteiger partial charge in [-0.3, -0.25) is 9.89 Å². The molecule has 2 aromatic carbocycles. The molecule has 1 saturated heterocycles. The van der Waals surface area contributed by atoms with Crippen molar-refractivity contribution in [3.05, 3.63) is 82.1 Å². The van der Waals surface area contributed by atoms with Gasteiger partial charge in [-0.15, -0.1) is 0 Å². The topological polar surface area (TPSA) is 135 Å². The zero-order valence-electron chi connectivity index (χ0n) is 22.4. The zero-order valence-corrected chi connectivity index (χ0v) is 23.2. The minimum atomic E-state index is -0.763. The molecule has 1 fully saturated rings. The van der Waals surface area contributed by atoms with Crippen LogP contribution < -0.4 is 16.0 Å². The number of aryl methyl sites for hydroxylation is 1. The maximum atomic E-state index is 14.1. The number of benzene rings is 2. The first kappa shape index (κ1) is 27.5. The average molecular weight is 594 g/mol. The van der Waals surface area contributed by atoms with E-state index in [1.54, 1.807) is 24.4 Å². The van der Waals surface area contributed by atoms with Gasteiger partial charge in [-0.2, -0.15) is 20.2 Å². The van der Waals surface area contributed by atoms with Crippen LogP contribution >= 0.6 is 11.6 Å². The van der Waals surface area contributed by atoms with Gasteiger partial charge in [-0.05, 0) is 49.6 Å². The van der Waals surface area contributed by atoms with Gasteiger partial charge < -0.3 is 20.7 Å². The van der Waals surface area contributed by atoms with Crippen molar-refractivity contribution in [2.24, 2.45) is 0 Å². The third-order valence-electron chi connectivity index (χ3n) is 6.85. The standard InChI is InChI=1S/C28H26ClF2N9O2/c1-15-10-24(39-38-15)35-25-20-14-33-40(18-6-8-42-9-7-18)26(20)37-28(36-25)32-13-16-2-4-21(29)19(11-16)27(41)34-23-12-17(30)3-5-22(23)31/h2-5,10-12,14,18H,6-9,13H2,1H3,(H,34,41)(H3,32,35,36,37,38,39). The lowest BCUT2D eigenvalue weighted by Crippen LogP contribution is -2.21. The van der Waals surface area contributed by atoms with Gasteiger partial charge in [0.25, 0.3) is 5.91 Å². The van der Waals surface area contributed by atoms with Crippen molar-refractivity contribution < 1.29 is 18.3 Å². The number of aromatic nitrogens is 6. The number of H-pyrrole nitrogens is 1. The molecule has 216 valence electrons. The number of carbonyl (C=O) groups is 1. The lowest BCUT2D eigenvalue weighted by atomic mass is 10.1. The molecule has 11 nitrogen and oxygen atoms in total. The number of aromatic amines is 1. The fraction of sp³-hybridized carbons (Fsp3) is 0.250. The highest BCUT2D eigenvalue weighted by Crippen LogP contribution is 2.30. The van der Waals surface area contributed by atoms with Crippen LogP contribution in [-0.2, 0) is 11.3 Å². The van der Waals surface area contributed by atoms with Gasteiger partial charge in [-0.25, -0.2) is 13.5 Å². The number of carbonyl (C=O) groups excluding carboxylic acids is 1. The van der Waals surface area contributed by atoms with Crippen LogP contribution in [0.4, 0.5) is 32.1 Å². The minimum absolute atomic E-state index is 0.102. The molecule has 0 aliphatic carbocycles. The van der Waals surface area contributed by atoms with Crippen LogP contribution in [0.25, 0.3) is 11.0 Å². The summed E-state index contributed by atoms with van der Waals surface area (Å²) >= 11 is 6.28. The molecule has 5 aromatic rings. The van der Waals surface area contributed by atoms with Gasteiger partial charge in [0.1, 0.15) is 17.5 Å². The number of hydrogen-bond acceptors (Lipinski definition) is 8. The second kappa shape index (κ2) is 11.7. The largest absolute Gasteiger partial charge is 0.381 e. The van der Waals surface area contributed by atoms with E-state index in [0.29, 0.717) is 42.0 Å². The minimum Gasteiger partial charge on any atom is -0.381 e. The Morgan fingerprint density at radius 2 is 1.98 bits per heavy atom. The van der Waals surface area contributed by atoms with E-state index in [-0.39, 0.29) is 28.9 Å². The van der Waals surface area contributed by atoms with Crippen molar-refractivity contribution in [3.63, 3.8) is 0 Å². The summed E-state index contributed by atoms with van der Waals surface area (Å²) in [5, 5.41) is 21.5. The fourth-order valence-electron chi connectivity index (χ4n) is 4.72. The lowest BCUT2D eigenvalue weighted by Gasteiger charge is -2.22. The highest BCUT2D eigenvalue weighted by atomic mass is 35.5. The molecule has 0 radical (unpaired) electrons. The van der Waals surface area contributed by atoms with Crippen LogP contribution in [0.2, 0.25) is 5.02 Å². The average Bonchev–Trinajstić information content (AvgIpc) is 3.61. The predicted octanol–water partition coefficient (Wildman–Crippen LogP) is 5.75. The van der Waals surface area contributed by atoms with Crippen LogP contribution in [0.15, 0.2) is 48.7 Å². The summed E-state index contributed by atoms with van der Waals surface area (Å²) in [4.78, 5) is 22.3. The Morgan fingerprint density at radius 3 is 2.76 bits per heavy atom. The monoisotopic (exact) mass is 593 g/mol. The van der Waals surface area contributed by atoms with Gasteiger partial charge in [0.15, 0.2) is 11.5 Å². The van der Waals surface area contributed by atoms with Crippen molar-refractivity contribution in [1.82, 2.24) is 29.9 Å². The summed E-state index contributed by atoms with van der Waals surface area (Å²) in [5.74, 6) is -0.664. The molecule has 0 atom stereocenters. The normalized spacial score (nSPS) is 13.8. The zero-order chi connectivity index (χ0) is 29.2. The number of hydrogen-bond donors (Lipinski definition) is 4. The van der Waals surface area contributed by atoms with E-state index in [1.165, 1.54) is 0 Å². The fourth-order valence-corrected chi connectivity index (χ4v) is 4.92. The second-order valence-corrected chi connectivity index (χ2v) is 10.3. The SMILES string of the molecule is Cc1cc(Nc2nc(NCc3ccc(Cl)c(C(=O)Nc4cc(F)ccc4F)c3)nc3c2cnn3C2CCOCC2)n[nH]1. The van der Waals surface area contributed by atoms with E-state index in [0.717, 1.165) is 42.1 Å². The lowest BCUT2D eigenvalue weighted by molar-refractivity contribution is 0.0673. The Balaban J connectivity index is 1.27. The summed E-state index contributed by atoms with van der Waals surface area (Å²) in [6.07, 6.45) is 3.38. The van der Waals surface area contributed by atoms with E-state index < -0.39 is 17.5 Å². The maximum absolute atomic E-state index is 14.1. The Bertz CT molecular complexity index is 1770. The van der Waals surface area contributed by atoms with Crippen molar-refractivity contribution in [1.29, 1.82) is 0 Å². The molecule has 0 spiro atoms. The van der Waals surface area contributed by atoms with Crippen molar-refractivity contribution in [2.45, 2.75) is 32.4 Å². The van der Waals surface area contributed by atoms with E-state index >= 15 is 0 Å². The molecule has 1 aliphatic heterocycles.